The molecule has 2 aromatic rings. The molecule has 0 aliphatic rings. The first-order valence-electron chi connectivity index (χ1n) is 7.81. The SMILES string of the molecule is COCCOc1ccc(CNS(=O)(=O)Cc2ccc([N+](=O)[O-])cc2)cc1. The molecule has 0 aliphatic carbocycles. The van der Waals surface area contributed by atoms with Crippen molar-refractivity contribution < 1.29 is 22.8 Å². The second-order valence-electron chi connectivity index (χ2n) is 5.49. The Morgan fingerprint density at radius 2 is 1.62 bits per heavy atom. The van der Waals surface area contributed by atoms with E-state index in [9.17, 15) is 18.5 Å². The lowest BCUT2D eigenvalue weighted by atomic mass is 10.2. The number of nitrogens with one attached hydrogen (secondary N) is 1. The number of hydrogen-bond donors (Lipinski definition) is 1. The zero-order valence-electron chi connectivity index (χ0n) is 14.3. The van der Waals surface area contributed by atoms with Crippen LogP contribution in [0.1, 0.15) is 11.1 Å². The van der Waals surface area contributed by atoms with Crippen molar-refractivity contribution in [2.75, 3.05) is 20.3 Å². The summed E-state index contributed by atoms with van der Waals surface area (Å²) in [5.74, 6) is 0.433. The maximum Gasteiger partial charge on any atom is 0.269 e. The van der Waals surface area contributed by atoms with Crippen LogP contribution >= 0.6 is 0 Å². The highest BCUT2D eigenvalue weighted by molar-refractivity contribution is 7.88. The van der Waals surface area contributed by atoms with Crippen LogP contribution in [0.15, 0.2) is 48.5 Å². The van der Waals surface area contributed by atoms with Gasteiger partial charge in [-0.15, -0.1) is 0 Å². The first-order chi connectivity index (χ1) is 12.4. The largest absolute Gasteiger partial charge is 0.491 e. The zero-order chi connectivity index (χ0) is 19.0. The molecule has 2 aromatic carbocycles. The minimum atomic E-state index is -3.56. The molecule has 0 unspecified atom stereocenters. The molecule has 0 radical (unpaired) electrons. The number of nitrogens with zero attached hydrogens (tertiary/aromatic N) is 1. The van der Waals surface area contributed by atoms with E-state index in [-0.39, 0.29) is 18.0 Å². The van der Waals surface area contributed by atoms with E-state index in [2.05, 4.69) is 4.72 Å². The molecule has 8 nitrogen and oxygen atoms in total. The van der Waals surface area contributed by atoms with Crippen LogP contribution in [0.4, 0.5) is 5.69 Å². The molecular formula is C17H20N2O6S. The Kier molecular flexibility index (Phi) is 7.07. The summed E-state index contributed by atoms with van der Waals surface area (Å²) in [6, 6.07) is 12.5. The Bertz CT molecular complexity index is 819. The summed E-state index contributed by atoms with van der Waals surface area (Å²) in [4.78, 5) is 10.1. The number of ether oxygens (including phenoxy) is 2. The van der Waals surface area contributed by atoms with Crippen molar-refractivity contribution >= 4 is 15.7 Å². The van der Waals surface area contributed by atoms with E-state index in [1.807, 2.05) is 0 Å². The van der Waals surface area contributed by atoms with E-state index < -0.39 is 14.9 Å². The predicted octanol–water partition coefficient (Wildman–Crippen LogP) is 2.24. The fourth-order valence-electron chi connectivity index (χ4n) is 2.12. The molecule has 0 atom stereocenters. The second-order valence-corrected chi connectivity index (χ2v) is 7.30. The van der Waals surface area contributed by atoms with Crippen molar-refractivity contribution in [1.82, 2.24) is 4.72 Å². The number of nitro benzene ring substituents is 1. The highest BCUT2D eigenvalue weighted by Gasteiger charge is 2.13. The lowest BCUT2D eigenvalue weighted by Crippen LogP contribution is -2.24. The minimum absolute atomic E-state index is 0.0769. The molecule has 0 spiro atoms. The molecule has 26 heavy (non-hydrogen) atoms. The molecule has 0 bridgehead atoms. The van der Waals surface area contributed by atoms with Crippen LogP contribution < -0.4 is 9.46 Å². The lowest BCUT2D eigenvalue weighted by Gasteiger charge is -2.09. The van der Waals surface area contributed by atoms with Gasteiger partial charge >= 0.3 is 0 Å². The Morgan fingerprint density at radius 3 is 2.19 bits per heavy atom. The predicted molar refractivity (Wildman–Crippen MR) is 96.4 cm³/mol. The molecule has 0 amide bonds. The maximum atomic E-state index is 12.1. The minimum Gasteiger partial charge on any atom is -0.491 e. The molecular weight excluding hydrogens is 360 g/mol. The summed E-state index contributed by atoms with van der Waals surface area (Å²) in [6.07, 6.45) is 0. The highest BCUT2D eigenvalue weighted by atomic mass is 32.2. The summed E-state index contributed by atoms with van der Waals surface area (Å²) in [5, 5.41) is 10.6. The van der Waals surface area contributed by atoms with Crippen LogP contribution in [-0.4, -0.2) is 33.7 Å². The molecule has 9 heteroatoms. The number of nitro groups is 1. The van der Waals surface area contributed by atoms with Gasteiger partial charge < -0.3 is 9.47 Å². The van der Waals surface area contributed by atoms with Gasteiger partial charge in [-0.05, 0) is 23.3 Å². The Labute approximate surface area is 152 Å². The van der Waals surface area contributed by atoms with Crippen molar-refractivity contribution in [1.29, 1.82) is 0 Å². The van der Waals surface area contributed by atoms with Gasteiger partial charge in [-0.25, -0.2) is 13.1 Å². The fourth-order valence-corrected chi connectivity index (χ4v) is 3.24. The number of sulfonamides is 1. The third-order valence-corrected chi connectivity index (χ3v) is 4.78. The fraction of sp³-hybridized carbons (Fsp3) is 0.294. The quantitative estimate of drug-likeness (QED) is 0.385. The Balaban J connectivity index is 1.88. The van der Waals surface area contributed by atoms with E-state index in [0.29, 0.717) is 24.5 Å². The monoisotopic (exact) mass is 380 g/mol. The van der Waals surface area contributed by atoms with Gasteiger partial charge in [0.25, 0.3) is 5.69 Å². The summed E-state index contributed by atoms with van der Waals surface area (Å²) < 4.78 is 37.1. The summed E-state index contributed by atoms with van der Waals surface area (Å²) in [5.41, 5.74) is 1.19. The Hall–Kier alpha value is -2.49. The van der Waals surface area contributed by atoms with Crippen LogP contribution in [0.5, 0.6) is 5.75 Å². The van der Waals surface area contributed by atoms with E-state index in [1.165, 1.54) is 24.3 Å². The highest BCUT2D eigenvalue weighted by Crippen LogP contribution is 2.15. The normalized spacial score (nSPS) is 11.3. The van der Waals surface area contributed by atoms with Crippen LogP contribution in [0.25, 0.3) is 0 Å². The number of hydrogen-bond acceptors (Lipinski definition) is 6. The van der Waals surface area contributed by atoms with Crippen molar-refractivity contribution in [3.05, 3.63) is 69.8 Å². The maximum absolute atomic E-state index is 12.1. The average molecular weight is 380 g/mol. The number of benzene rings is 2. The summed E-state index contributed by atoms with van der Waals surface area (Å²) in [6.45, 7) is 1.08. The van der Waals surface area contributed by atoms with Gasteiger partial charge in [-0.2, -0.15) is 0 Å². The van der Waals surface area contributed by atoms with Crippen molar-refractivity contribution in [3.63, 3.8) is 0 Å². The van der Waals surface area contributed by atoms with E-state index >= 15 is 0 Å². The topological polar surface area (TPSA) is 108 Å². The van der Waals surface area contributed by atoms with Gasteiger partial charge in [0, 0.05) is 25.8 Å². The summed E-state index contributed by atoms with van der Waals surface area (Å²) in [7, 11) is -1.97. The smallest absolute Gasteiger partial charge is 0.269 e. The van der Waals surface area contributed by atoms with Gasteiger partial charge in [-0.1, -0.05) is 24.3 Å². The third kappa shape index (κ3) is 6.43. The second kappa shape index (κ2) is 9.27. The van der Waals surface area contributed by atoms with Crippen molar-refractivity contribution in [2.45, 2.75) is 12.3 Å². The van der Waals surface area contributed by atoms with Gasteiger partial charge in [0.05, 0.1) is 17.3 Å². The van der Waals surface area contributed by atoms with Crippen LogP contribution in [0.3, 0.4) is 0 Å². The van der Waals surface area contributed by atoms with Crippen molar-refractivity contribution in [3.8, 4) is 5.75 Å². The van der Waals surface area contributed by atoms with Crippen LogP contribution in [-0.2, 0) is 27.1 Å². The molecule has 0 saturated heterocycles. The van der Waals surface area contributed by atoms with Crippen LogP contribution in [0.2, 0.25) is 0 Å². The average Bonchev–Trinajstić information content (AvgIpc) is 2.61. The molecule has 0 saturated carbocycles. The Morgan fingerprint density at radius 1 is 1.00 bits per heavy atom. The molecule has 2 rings (SSSR count). The van der Waals surface area contributed by atoms with E-state index in [1.54, 1.807) is 31.4 Å². The zero-order valence-corrected chi connectivity index (χ0v) is 15.1. The molecule has 0 heterocycles. The molecule has 0 aromatic heterocycles. The molecule has 140 valence electrons. The lowest BCUT2D eigenvalue weighted by molar-refractivity contribution is -0.384. The first-order valence-corrected chi connectivity index (χ1v) is 9.46. The standard InChI is InChI=1S/C17H20N2O6S/c1-24-10-11-25-17-8-4-14(5-9-17)12-18-26(22,23)13-15-2-6-16(7-3-15)19(20)21/h2-9,18H,10-13H2,1H3. The van der Waals surface area contributed by atoms with E-state index in [0.717, 1.165) is 5.56 Å². The first kappa shape index (κ1) is 19.8. The van der Waals surface area contributed by atoms with Crippen LogP contribution in [0, 0.1) is 10.1 Å². The number of rotatable bonds is 10. The summed E-state index contributed by atoms with van der Waals surface area (Å²) >= 11 is 0. The molecule has 0 aliphatic heterocycles. The molecule has 1 N–H and O–H groups in total. The van der Waals surface area contributed by atoms with Gasteiger partial charge in [-0.3, -0.25) is 10.1 Å². The molecule has 0 fully saturated rings. The third-order valence-electron chi connectivity index (χ3n) is 3.48. The number of non-ortho nitro benzene ring substituents is 1. The number of methoxy groups -OCH3 is 1. The van der Waals surface area contributed by atoms with Gasteiger partial charge in [0.1, 0.15) is 12.4 Å². The van der Waals surface area contributed by atoms with Gasteiger partial charge in [0.2, 0.25) is 10.0 Å². The van der Waals surface area contributed by atoms with Crippen molar-refractivity contribution in [2.24, 2.45) is 0 Å². The van der Waals surface area contributed by atoms with Gasteiger partial charge in [0.15, 0.2) is 0 Å². The van der Waals surface area contributed by atoms with E-state index in [4.69, 9.17) is 9.47 Å².